The summed E-state index contributed by atoms with van der Waals surface area (Å²) < 4.78 is 0. The van der Waals surface area contributed by atoms with Crippen molar-refractivity contribution in [2.24, 2.45) is 5.92 Å². The Balaban J connectivity index is 2.15. The van der Waals surface area contributed by atoms with Crippen molar-refractivity contribution in [3.8, 4) is 0 Å². The second kappa shape index (κ2) is 3.30. The first-order valence-corrected chi connectivity index (χ1v) is 6.80. The van der Waals surface area contributed by atoms with Crippen molar-refractivity contribution in [2.75, 3.05) is 5.73 Å². The van der Waals surface area contributed by atoms with Gasteiger partial charge in [-0.25, -0.2) is 0 Å². The molecule has 0 fully saturated rings. The van der Waals surface area contributed by atoms with Gasteiger partial charge in [0.2, 0.25) is 0 Å². The van der Waals surface area contributed by atoms with Crippen LogP contribution in [0.25, 0.3) is 12.2 Å². The molecule has 0 radical (unpaired) electrons. The van der Waals surface area contributed by atoms with Crippen LogP contribution in [0.15, 0.2) is 47.6 Å². The van der Waals surface area contributed by atoms with E-state index in [9.17, 15) is 0 Å². The van der Waals surface area contributed by atoms with E-state index in [2.05, 4.69) is 56.4 Å². The lowest BCUT2D eigenvalue weighted by Gasteiger charge is -2.46. The number of rotatable bonds is 0. The molecule has 0 heterocycles. The van der Waals surface area contributed by atoms with E-state index in [4.69, 9.17) is 5.73 Å². The van der Waals surface area contributed by atoms with Crippen LogP contribution >= 0.6 is 0 Å². The van der Waals surface area contributed by atoms with E-state index in [0.717, 1.165) is 5.69 Å². The lowest BCUT2D eigenvalue weighted by molar-refractivity contribution is 0.450. The third kappa shape index (κ3) is 1.16. The fourth-order valence-corrected chi connectivity index (χ4v) is 3.93. The molecule has 2 N–H and O–H groups in total. The predicted octanol–water partition coefficient (Wildman–Crippen LogP) is 4.08. The molecule has 3 aliphatic rings. The summed E-state index contributed by atoms with van der Waals surface area (Å²) in [6.07, 6.45) is 13.5. The zero-order chi connectivity index (χ0) is 13.2. The van der Waals surface area contributed by atoms with Gasteiger partial charge in [0.05, 0.1) is 0 Å². The maximum absolute atomic E-state index is 6.19. The smallest absolute Gasteiger partial charge is 0.0391 e. The first-order chi connectivity index (χ1) is 9.12. The highest BCUT2D eigenvalue weighted by molar-refractivity contribution is 5.82. The van der Waals surface area contributed by atoms with E-state index < -0.39 is 0 Å². The Bertz CT molecular complexity index is 715. The Morgan fingerprint density at radius 2 is 1.95 bits per heavy atom. The molecular weight excluding hydrogens is 230 g/mol. The average Bonchev–Trinajstić information content (AvgIpc) is 2.39. The molecule has 0 saturated heterocycles. The van der Waals surface area contributed by atoms with Crippen molar-refractivity contribution in [1.82, 2.24) is 0 Å². The molecule has 0 saturated carbocycles. The molecule has 2 unspecified atom stereocenters. The number of hydrogen-bond donors (Lipinski definition) is 1. The van der Waals surface area contributed by atoms with Crippen molar-refractivity contribution >= 4 is 17.8 Å². The van der Waals surface area contributed by atoms with Crippen LogP contribution in [-0.2, 0) is 5.41 Å². The van der Waals surface area contributed by atoms with Gasteiger partial charge in [-0.1, -0.05) is 55.0 Å². The highest BCUT2D eigenvalue weighted by Crippen LogP contribution is 2.54. The molecule has 1 heteroatoms. The zero-order valence-electron chi connectivity index (χ0n) is 11.3. The molecule has 1 aromatic carbocycles. The standard InChI is InChI=1S/C18H17N/c1-11-3-6-13-7-8-14-16(19)10-5-12-4-9-15(11)18(13,2)17(12)14/h3-10,15H,19H2,1-2H3. The number of anilines is 1. The molecule has 0 bridgehead atoms. The minimum atomic E-state index is 0.0440. The molecule has 4 rings (SSSR count). The summed E-state index contributed by atoms with van der Waals surface area (Å²) in [4.78, 5) is 0. The zero-order valence-corrected chi connectivity index (χ0v) is 11.3. The van der Waals surface area contributed by atoms with E-state index in [0.29, 0.717) is 5.92 Å². The van der Waals surface area contributed by atoms with Gasteiger partial charge in [-0.2, -0.15) is 0 Å². The molecule has 94 valence electrons. The highest BCUT2D eigenvalue weighted by Gasteiger charge is 2.45. The molecule has 19 heavy (non-hydrogen) atoms. The quantitative estimate of drug-likeness (QED) is 0.687. The van der Waals surface area contributed by atoms with Crippen LogP contribution in [0.4, 0.5) is 5.69 Å². The summed E-state index contributed by atoms with van der Waals surface area (Å²) in [5.74, 6) is 0.450. The number of benzene rings is 1. The van der Waals surface area contributed by atoms with E-state index in [1.54, 1.807) is 0 Å². The maximum Gasteiger partial charge on any atom is 0.0391 e. The Hall–Kier alpha value is -2.02. The summed E-state index contributed by atoms with van der Waals surface area (Å²) >= 11 is 0. The van der Waals surface area contributed by atoms with Gasteiger partial charge < -0.3 is 5.73 Å². The second-order valence-corrected chi connectivity index (χ2v) is 5.94. The van der Waals surface area contributed by atoms with Crippen LogP contribution in [-0.4, -0.2) is 0 Å². The van der Waals surface area contributed by atoms with Crippen LogP contribution in [0, 0.1) is 5.92 Å². The minimum Gasteiger partial charge on any atom is -0.398 e. The summed E-state index contributed by atoms with van der Waals surface area (Å²) in [5, 5.41) is 0. The van der Waals surface area contributed by atoms with Crippen LogP contribution in [0.3, 0.4) is 0 Å². The summed E-state index contributed by atoms with van der Waals surface area (Å²) in [5.41, 5.74) is 13.9. The van der Waals surface area contributed by atoms with Crippen LogP contribution in [0.5, 0.6) is 0 Å². The highest BCUT2D eigenvalue weighted by atomic mass is 14.6. The van der Waals surface area contributed by atoms with Crippen LogP contribution < -0.4 is 5.73 Å². The Kier molecular flexibility index (Phi) is 1.88. The van der Waals surface area contributed by atoms with Gasteiger partial charge in [-0.15, -0.1) is 0 Å². The van der Waals surface area contributed by atoms with Gasteiger partial charge >= 0.3 is 0 Å². The van der Waals surface area contributed by atoms with Gasteiger partial charge in [-0.3, -0.25) is 0 Å². The summed E-state index contributed by atoms with van der Waals surface area (Å²) in [6.45, 7) is 4.58. The number of nitrogens with two attached hydrogens (primary N) is 1. The van der Waals surface area contributed by atoms with E-state index in [-0.39, 0.29) is 5.41 Å². The Morgan fingerprint density at radius 3 is 2.79 bits per heavy atom. The maximum atomic E-state index is 6.19. The van der Waals surface area contributed by atoms with Gasteiger partial charge in [-0.05, 0) is 29.7 Å². The van der Waals surface area contributed by atoms with E-state index in [1.165, 1.54) is 27.8 Å². The monoisotopic (exact) mass is 247 g/mol. The first-order valence-electron chi connectivity index (χ1n) is 6.80. The third-order valence-electron chi connectivity index (χ3n) is 4.97. The minimum absolute atomic E-state index is 0.0440. The third-order valence-corrected chi connectivity index (χ3v) is 4.97. The lowest BCUT2D eigenvalue weighted by atomic mass is 9.56. The van der Waals surface area contributed by atoms with Crippen LogP contribution in [0.1, 0.15) is 30.5 Å². The normalized spacial score (nSPS) is 29.7. The molecule has 1 nitrogen and oxygen atoms in total. The topological polar surface area (TPSA) is 26.0 Å². The van der Waals surface area contributed by atoms with Gasteiger partial charge in [0.1, 0.15) is 0 Å². The van der Waals surface area contributed by atoms with Crippen molar-refractivity contribution in [3.63, 3.8) is 0 Å². The summed E-state index contributed by atoms with van der Waals surface area (Å²) in [6, 6.07) is 4.17. The van der Waals surface area contributed by atoms with E-state index >= 15 is 0 Å². The van der Waals surface area contributed by atoms with Gasteiger partial charge in [0.15, 0.2) is 0 Å². The van der Waals surface area contributed by atoms with Crippen LogP contribution in [0.2, 0.25) is 0 Å². The average molecular weight is 247 g/mol. The van der Waals surface area contributed by atoms with Crippen molar-refractivity contribution < 1.29 is 0 Å². The molecule has 3 aliphatic carbocycles. The predicted molar refractivity (Wildman–Crippen MR) is 81.6 cm³/mol. The summed E-state index contributed by atoms with van der Waals surface area (Å²) in [7, 11) is 0. The molecule has 0 spiro atoms. The number of allylic oxidation sites excluding steroid dienone is 6. The van der Waals surface area contributed by atoms with E-state index in [1.807, 2.05) is 6.07 Å². The molecular formula is C18H17N. The Labute approximate surface area is 113 Å². The first kappa shape index (κ1) is 10.9. The molecule has 0 amide bonds. The van der Waals surface area contributed by atoms with Crippen molar-refractivity contribution in [3.05, 3.63) is 64.3 Å². The SMILES string of the molecule is CC1=CC=C2C=Cc3c(N)ccc4c3C2(C)C1C=C4. The molecule has 2 atom stereocenters. The lowest BCUT2D eigenvalue weighted by Crippen LogP contribution is -2.39. The largest absolute Gasteiger partial charge is 0.398 e. The fourth-order valence-electron chi connectivity index (χ4n) is 3.93. The molecule has 0 aliphatic heterocycles. The Morgan fingerprint density at radius 1 is 1.11 bits per heavy atom. The van der Waals surface area contributed by atoms with Gasteiger partial charge in [0, 0.05) is 22.6 Å². The number of hydrogen-bond acceptors (Lipinski definition) is 1. The van der Waals surface area contributed by atoms with Gasteiger partial charge in [0.25, 0.3) is 0 Å². The number of nitrogen functional groups attached to an aromatic ring is 1. The fraction of sp³-hybridized carbons (Fsp3) is 0.222. The molecule has 1 aromatic rings. The molecule has 0 aromatic heterocycles. The van der Waals surface area contributed by atoms with Crippen molar-refractivity contribution in [1.29, 1.82) is 0 Å². The second-order valence-electron chi connectivity index (χ2n) is 5.94. The van der Waals surface area contributed by atoms with Crippen molar-refractivity contribution in [2.45, 2.75) is 19.3 Å².